The SMILES string of the molecule is CC(C)(C)c1ccc2c(-c3ccccc3)c3ccccc3c(-c3cccc(-c4cccc(-c5ccc(-n6c7c(c8ccccc86)C=CNC7)cc5)n4)n3)c2c1. The Labute approximate surface area is 321 Å². The van der Waals surface area contributed by atoms with Gasteiger partial charge in [-0.05, 0) is 104 Å². The molecule has 3 aromatic heterocycles. The summed E-state index contributed by atoms with van der Waals surface area (Å²) < 4.78 is 2.37. The van der Waals surface area contributed by atoms with Crippen LogP contribution < -0.4 is 5.32 Å². The van der Waals surface area contributed by atoms with Crippen LogP contribution in [0.15, 0.2) is 164 Å². The summed E-state index contributed by atoms with van der Waals surface area (Å²) in [6.45, 7) is 7.63. The van der Waals surface area contributed by atoms with Gasteiger partial charge in [-0.3, -0.25) is 0 Å². The van der Waals surface area contributed by atoms with Crippen LogP contribution >= 0.6 is 0 Å². The van der Waals surface area contributed by atoms with Gasteiger partial charge in [0.15, 0.2) is 0 Å². The molecule has 9 aromatic rings. The van der Waals surface area contributed by atoms with Crippen molar-refractivity contribution in [3.8, 4) is 50.7 Å². The topological polar surface area (TPSA) is 42.7 Å². The molecule has 6 aromatic carbocycles. The number of nitrogens with zero attached hydrogens (tertiary/aromatic N) is 3. The highest BCUT2D eigenvalue weighted by molar-refractivity contribution is 6.21. The van der Waals surface area contributed by atoms with Crippen molar-refractivity contribution in [1.29, 1.82) is 0 Å². The van der Waals surface area contributed by atoms with Gasteiger partial charge < -0.3 is 9.88 Å². The van der Waals surface area contributed by atoms with Crippen LogP contribution in [0.25, 0.3) is 89.2 Å². The zero-order chi connectivity index (χ0) is 37.1. The van der Waals surface area contributed by atoms with Crippen molar-refractivity contribution in [3.05, 3.63) is 181 Å². The van der Waals surface area contributed by atoms with Crippen LogP contribution in [-0.4, -0.2) is 14.5 Å². The van der Waals surface area contributed by atoms with Crippen LogP contribution in [0.5, 0.6) is 0 Å². The van der Waals surface area contributed by atoms with Gasteiger partial charge in [-0.15, -0.1) is 0 Å². The molecule has 0 bridgehead atoms. The Bertz CT molecular complexity index is 2950. The number of rotatable bonds is 5. The fourth-order valence-corrected chi connectivity index (χ4v) is 8.34. The average molecular weight is 709 g/mol. The smallest absolute Gasteiger partial charge is 0.0893 e. The first-order valence-electron chi connectivity index (χ1n) is 19.0. The van der Waals surface area contributed by atoms with Gasteiger partial charge in [0.1, 0.15) is 0 Å². The molecule has 1 aliphatic heterocycles. The van der Waals surface area contributed by atoms with Crippen molar-refractivity contribution >= 4 is 38.5 Å². The van der Waals surface area contributed by atoms with E-state index in [0.29, 0.717) is 0 Å². The van der Waals surface area contributed by atoms with E-state index < -0.39 is 0 Å². The second-order valence-corrected chi connectivity index (χ2v) is 15.5. The van der Waals surface area contributed by atoms with E-state index in [2.05, 4.69) is 194 Å². The summed E-state index contributed by atoms with van der Waals surface area (Å²) in [5.41, 5.74) is 14.4. The summed E-state index contributed by atoms with van der Waals surface area (Å²) in [6, 6.07) is 56.5. The van der Waals surface area contributed by atoms with Crippen LogP contribution in [-0.2, 0) is 12.0 Å². The minimum Gasteiger partial charge on any atom is -0.385 e. The number of nitrogens with one attached hydrogen (secondary N) is 1. The molecule has 4 heteroatoms. The lowest BCUT2D eigenvalue weighted by Crippen LogP contribution is -2.13. The third kappa shape index (κ3) is 5.61. The first kappa shape index (κ1) is 32.8. The molecule has 0 unspecified atom stereocenters. The predicted molar refractivity (Wildman–Crippen MR) is 230 cm³/mol. The van der Waals surface area contributed by atoms with Crippen molar-refractivity contribution in [3.63, 3.8) is 0 Å². The molecule has 4 nitrogen and oxygen atoms in total. The molecule has 1 aliphatic rings. The van der Waals surface area contributed by atoms with Gasteiger partial charge in [0.05, 0.1) is 40.5 Å². The maximum atomic E-state index is 5.38. The minimum atomic E-state index is -0.00847. The van der Waals surface area contributed by atoms with Gasteiger partial charge in [0.2, 0.25) is 0 Å². The maximum Gasteiger partial charge on any atom is 0.0893 e. The second-order valence-electron chi connectivity index (χ2n) is 15.5. The summed E-state index contributed by atoms with van der Waals surface area (Å²) in [7, 11) is 0. The Balaban J connectivity index is 1.08. The third-order valence-corrected chi connectivity index (χ3v) is 11.0. The van der Waals surface area contributed by atoms with Gasteiger partial charge in [-0.2, -0.15) is 0 Å². The molecule has 55 heavy (non-hydrogen) atoms. The number of aromatic nitrogens is 3. The third-order valence-electron chi connectivity index (χ3n) is 11.0. The van der Waals surface area contributed by atoms with E-state index in [0.717, 1.165) is 46.1 Å². The van der Waals surface area contributed by atoms with Crippen molar-refractivity contribution in [2.75, 3.05) is 0 Å². The number of hydrogen-bond donors (Lipinski definition) is 1. The summed E-state index contributed by atoms with van der Waals surface area (Å²) in [4.78, 5) is 10.6. The molecule has 0 fully saturated rings. The van der Waals surface area contributed by atoms with Crippen LogP contribution in [0, 0.1) is 0 Å². The zero-order valence-corrected chi connectivity index (χ0v) is 31.2. The van der Waals surface area contributed by atoms with Crippen LogP contribution in [0.2, 0.25) is 0 Å². The van der Waals surface area contributed by atoms with Gasteiger partial charge in [-0.1, -0.05) is 130 Å². The lowest BCUT2D eigenvalue weighted by Gasteiger charge is -2.23. The first-order valence-corrected chi connectivity index (χ1v) is 19.0. The number of hydrogen-bond acceptors (Lipinski definition) is 3. The highest BCUT2D eigenvalue weighted by Gasteiger charge is 2.22. The number of para-hydroxylation sites is 1. The van der Waals surface area contributed by atoms with Gasteiger partial charge >= 0.3 is 0 Å². The highest BCUT2D eigenvalue weighted by atomic mass is 15.0. The summed E-state index contributed by atoms with van der Waals surface area (Å²) in [5.74, 6) is 0. The zero-order valence-electron chi connectivity index (χ0n) is 31.2. The van der Waals surface area contributed by atoms with E-state index in [1.807, 2.05) is 6.20 Å². The first-order chi connectivity index (χ1) is 26.9. The molecule has 0 atom stereocenters. The largest absolute Gasteiger partial charge is 0.385 e. The molecule has 0 aliphatic carbocycles. The second kappa shape index (κ2) is 13.0. The molecule has 1 N–H and O–H groups in total. The Morgan fingerprint density at radius 2 is 1.13 bits per heavy atom. The number of fused-ring (bicyclic) bond motifs is 5. The van der Waals surface area contributed by atoms with Crippen molar-refractivity contribution in [2.24, 2.45) is 0 Å². The Morgan fingerprint density at radius 3 is 1.87 bits per heavy atom. The van der Waals surface area contributed by atoms with Crippen molar-refractivity contribution in [1.82, 2.24) is 19.9 Å². The van der Waals surface area contributed by atoms with E-state index in [9.17, 15) is 0 Å². The number of benzene rings is 6. The molecule has 0 radical (unpaired) electrons. The Kier molecular flexibility index (Phi) is 7.74. The summed E-state index contributed by atoms with van der Waals surface area (Å²) in [6.07, 6.45) is 4.22. The van der Waals surface area contributed by atoms with E-state index in [4.69, 9.17) is 9.97 Å². The molecule has 4 heterocycles. The van der Waals surface area contributed by atoms with E-state index in [1.165, 1.54) is 60.4 Å². The predicted octanol–water partition coefficient (Wildman–Crippen LogP) is 12.8. The molecule has 0 spiro atoms. The monoisotopic (exact) mass is 708 g/mol. The van der Waals surface area contributed by atoms with Gasteiger partial charge in [-0.25, -0.2) is 9.97 Å². The van der Waals surface area contributed by atoms with Gasteiger partial charge in [0, 0.05) is 27.8 Å². The minimum absolute atomic E-state index is 0.00847. The maximum absolute atomic E-state index is 5.38. The highest BCUT2D eigenvalue weighted by Crippen LogP contribution is 2.44. The van der Waals surface area contributed by atoms with Crippen molar-refractivity contribution in [2.45, 2.75) is 32.7 Å². The Morgan fingerprint density at radius 1 is 0.509 bits per heavy atom. The van der Waals surface area contributed by atoms with Crippen LogP contribution in [0.1, 0.15) is 37.6 Å². The molecule has 10 rings (SSSR count). The fourth-order valence-electron chi connectivity index (χ4n) is 8.34. The standard InChI is InChI=1S/C51H40N4/c1-51(2,3)35-25-28-41-42(31-35)50(40-17-8-7-16-39(40)49(41)34-13-5-4-6-14-34)46-21-12-20-45(54-46)44-19-11-18-43(53-44)33-23-26-36(27-24-33)55-47-22-10-9-15-37(47)38-29-30-52-32-48(38)55/h4-31,52H,32H2,1-3H3. The van der Waals surface area contributed by atoms with Gasteiger partial charge in [0.25, 0.3) is 0 Å². The van der Waals surface area contributed by atoms with E-state index in [-0.39, 0.29) is 5.41 Å². The normalized spacial score (nSPS) is 12.6. The fraction of sp³-hybridized carbons (Fsp3) is 0.0980. The lowest BCUT2D eigenvalue weighted by atomic mass is 9.82. The summed E-state index contributed by atoms with van der Waals surface area (Å²) >= 11 is 0. The molecular weight excluding hydrogens is 669 g/mol. The van der Waals surface area contributed by atoms with E-state index in [1.54, 1.807) is 0 Å². The lowest BCUT2D eigenvalue weighted by molar-refractivity contribution is 0.591. The quantitative estimate of drug-likeness (QED) is 0.181. The number of pyridine rings is 2. The molecular formula is C51H40N4. The van der Waals surface area contributed by atoms with Crippen LogP contribution in [0.3, 0.4) is 0 Å². The van der Waals surface area contributed by atoms with Crippen LogP contribution in [0.4, 0.5) is 0 Å². The Hall–Kier alpha value is -6.78. The molecule has 0 saturated heterocycles. The molecule has 0 saturated carbocycles. The summed E-state index contributed by atoms with van der Waals surface area (Å²) in [5, 5.41) is 9.52. The molecule has 264 valence electrons. The van der Waals surface area contributed by atoms with E-state index >= 15 is 0 Å². The molecule has 0 amide bonds. The van der Waals surface area contributed by atoms with Crippen molar-refractivity contribution < 1.29 is 0 Å². The average Bonchev–Trinajstić information content (AvgIpc) is 3.57.